The molecule has 0 aromatic heterocycles. The van der Waals surface area contributed by atoms with Crippen LogP contribution in [0.1, 0.15) is 38.7 Å². The van der Waals surface area contributed by atoms with E-state index in [0.29, 0.717) is 17.4 Å². The highest BCUT2D eigenvalue weighted by molar-refractivity contribution is 7.91. The van der Waals surface area contributed by atoms with Gasteiger partial charge in [0.1, 0.15) is 0 Å². The Labute approximate surface area is 117 Å². The van der Waals surface area contributed by atoms with Gasteiger partial charge in [0.2, 0.25) is 0 Å². The molecule has 3 nitrogen and oxygen atoms in total. The van der Waals surface area contributed by atoms with Gasteiger partial charge in [0.25, 0.3) is 0 Å². The second-order valence-electron chi connectivity index (χ2n) is 4.94. The van der Waals surface area contributed by atoms with E-state index in [1.165, 1.54) is 0 Å². The van der Waals surface area contributed by atoms with Crippen LogP contribution in [0.4, 0.5) is 0 Å². The van der Waals surface area contributed by atoms with Gasteiger partial charge in [-0.2, -0.15) is 0 Å². The first-order valence-electron chi connectivity index (χ1n) is 7.02. The number of rotatable bonds is 8. The van der Waals surface area contributed by atoms with Crippen LogP contribution in [0.15, 0.2) is 29.2 Å². The minimum atomic E-state index is -3.12. The molecular formula is C15H25NO2S. The maximum absolute atomic E-state index is 12.2. The zero-order chi connectivity index (χ0) is 14.3. The molecule has 0 fully saturated rings. The molecule has 1 rings (SSSR count). The van der Waals surface area contributed by atoms with Crippen LogP contribution in [0.3, 0.4) is 0 Å². The molecular weight excluding hydrogens is 258 g/mol. The van der Waals surface area contributed by atoms with Crippen LogP contribution in [-0.4, -0.2) is 26.8 Å². The van der Waals surface area contributed by atoms with E-state index in [9.17, 15) is 8.42 Å². The van der Waals surface area contributed by atoms with E-state index in [4.69, 9.17) is 0 Å². The Hall–Kier alpha value is -0.870. The number of aryl methyl sites for hydroxylation is 1. The molecule has 0 saturated heterocycles. The first kappa shape index (κ1) is 16.2. The minimum Gasteiger partial charge on any atom is -0.314 e. The molecule has 0 heterocycles. The third-order valence-electron chi connectivity index (χ3n) is 3.33. The van der Waals surface area contributed by atoms with E-state index in [1.807, 2.05) is 19.1 Å². The van der Waals surface area contributed by atoms with E-state index in [-0.39, 0.29) is 5.75 Å². The third-order valence-corrected chi connectivity index (χ3v) is 5.15. The van der Waals surface area contributed by atoms with E-state index in [1.54, 1.807) is 12.1 Å². The predicted molar refractivity (Wildman–Crippen MR) is 80.2 cm³/mol. The van der Waals surface area contributed by atoms with Gasteiger partial charge in [-0.3, -0.25) is 0 Å². The van der Waals surface area contributed by atoms with E-state index < -0.39 is 9.84 Å². The SMILES string of the molecule is CCNC(CC)CCCS(=O)(=O)c1ccc(C)cc1. The van der Waals surface area contributed by atoms with Crippen LogP contribution in [0, 0.1) is 6.92 Å². The summed E-state index contributed by atoms with van der Waals surface area (Å²) in [4.78, 5) is 0.439. The van der Waals surface area contributed by atoms with Crippen LogP contribution in [0.5, 0.6) is 0 Å². The van der Waals surface area contributed by atoms with Gasteiger partial charge < -0.3 is 5.32 Å². The fourth-order valence-corrected chi connectivity index (χ4v) is 3.46. The van der Waals surface area contributed by atoms with Gasteiger partial charge in [-0.05, 0) is 44.9 Å². The Kier molecular flexibility index (Phi) is 6.52. The molecule has 1 N–H and O–H groups in total. The second-order valence-corrected chi connectivity index (χ2v) is 7.05. The lowest BCUT2D eigenvalue weighted by atomic mass is 10.1. The maximum atomic E-state index is 12.2. The summed E-state index contributed by atoms with van der Waals surface area (Å²) in [5.41, 5.74) is 1.08. The molecule has 0 bridgehead atoms. The summed E-state index contributed by atoms with van der Waals surface area (Å²) < 4.78 is 24.3. The zero-order valence-corrected chi connectivity index (χ0v) is 13.0. The maximum Gasteiger partial charge on any atom is 0.178 e. The first-order chi connectivity index (χ1) is 8.99. The van der Waals surface area contributed by atoms with Crippen molar-refractivity contribution in [2.75, 3.05) is 12.3 Å². The number of benzene rings is 1. The molecule has 1 aromatic rings. The highest BCUT2D eigenvalue weighted by Crippen LogP contribution is 2.14. The number of hydrogen-bond acceptors (Lipinski definition) is 3. The largest absolute Gasteiger partial charge is 0.314 e. The quantitative estimate of drug-likeness (QED) is 0.798. The standard InChI is InChI=1S/C15H25NO2S/c1-4-14(16-5-2)7-6-12-19(17,18)15-10-8-13(3)9-11-15/h8-11,14,16H,4-7,12H2,1-3H3. The van der Waals surface area contributed by atoms with Gasteiger partial charge in [0.15, 0.2) is 9.84 Å². The monoisotopic (exact) mass is 283 g/mol. The van der Waals surface area contributed by atoms with Crippen LogP contribution in [-0.2, 0) is 9.84 Å². The number of hydrogen-bond donors (Lipinski definition) is 1. The molecule has 0 amide bonds. The van der Waals surface area contributed by atoms with Crippen LogP contribution >= 0.6 is 0 Å². The summed E-state index contributed by atoms with van der Waals surface area (Å²) in [6.45, 7) is 7.09. The second kappa shape index (κ2) is 7.65. The summed E-state index contributed by atoms with van der Waals surface area (Å²) in [7, 11) is -3.12. The molecule has 108 valence electrons. The molecule has 0 aliphatic rings. The zero-order valence-electron chi connectivity index (χ0n) is 12.1. The average molecular weight is 283 g/mol. The van der Waals surface area contributed by atoms with Crippen molar-refractivity contribution in [1.29, 1.82) is 0 Å². The van der Waals surface area contributed by atoms with Crippen molar-refractivity contribution in [3.8, 4) is 0 Å². The van der Waals surface area contributed by atoms with Gasteiger partial charge in [0.05, 0.1) is 10.6 Å². The van der Waals surface area contributed by atoms with E-state index in [0.717, 1.165) is 24.9 Å². The highest BCUT2D eigenvalue weighted by Gasteiger charge is 2.14. The van der Waals surface area contributed by atoms with Crippen molar-refractivity contribution in [3.05, 3.63) is 29.8 Å². The molecule has 0 spiro atoms. The summed E-state index contributed by atoms with van der Waals surface area (Å²) in [6.07, 6.45) is 2.66. The lowest BCUT2D eigenvalue weighted by molar-refractivity contribution is 0.475. The average Bonchev–Trinajstić information content (AvgIpc) is 2.38. The lowest BCUT2D eigenvalue weighted by Gasteiger charge is -2.15. The summed E-state index contributed by atoms with van der Waals surface area (Å²) in [6, 6.07) is 7.53. The van der Waals surface area contributed by atoms with Crippen molar-refractivity contribution in [3.63, 3.8) is 0 Å². The molecule has 19 heavy (non-hydrogen) atoms. The fraction of sp³-hybridized carbons (Fsp3) is 0.600. The van der Waals surface area contributed by atoms with Gasteiger partial charge in [-0.15, -0.1) is 0 Å². The molecule has 0 aliphatic carbocycles. The van der Waals surface area contributed by atoms with E-state index >= 15 is 0 Å². The summed E-state index contributed by atoms with van der Waals surface area (Å²) in [5, 5.41) is 3.37. The molecule has 1 atom stereocenters. The Bertz CT molecular complexity index is 465. The van der Waals surface area contributed by atoms with Crippen molar-refractivity contribution >= 4 is 9.84 Å². The summed E-state index contributed by atoms with van der Waals surface area (Å²) >= 11 is 0. The smallest absolute Gasteiger partial charge is 0.178 e. The molecule has 0 saturated carbocycles. The Morgan fingerprint density at radius 2 is 1.79 bits per heavy atom. The minimum absolute atomic E-state index is 0.234. The van der Waals surface area contributed by atoms with Gasteiger partial charge in [-0.1, -0.05) is 31.5 Å². The van der Waals surface area contributed by atoms with Crippen molar-refractivity contribution in [2.45, 2.75) is 51.0 Å². The van der Waals surface area contributed by atoms with Gasteiger partial charge in [0, 0.05) is 6.04 Å². The third kappa shape index (κ3) is 5.33. The molecule has 4 heteroatoms. The van der Waals surface area contributed by atoms with Crippen molar-refractivity contribution in [1.82, 2.24) is 5.32 Å². The predicted octanol–water partition coefficient (Wildman–Crippen LogP) is 2.94. The van der Waals surface area contributed by atoms with Gasteiger partial charge >= 0.3 is 0 Å². The number of sulfone groups is 1. The fourth-order valence-electron chi connectivity index (χ4n) is 2.12. The van der Waals surface area contributed by atoms with Gasteiger partial charge in [-0.25, -0.2) is 8.42 Å². The Balaban J connectivity index is 2.54. The molecule has 0 aliphatic heterocycles. The van der Waals surface area contributed by atoms with Crippen molar-refractivity contribution in [2.24, 2.45) is 0 Å². The first-order valence-corrected chi connectivity index (χ1v) is 8.67. The van der Waals surface area contributed by atoms with E-state index in [2.05, 4.69) is 19.2 Å². The molecule has 1 aromatic carbocycles. The van der Waals surface area contributed by atoms with Crippen LogP contribution in [0.25, 0.3) is 0 Å². The summed E-state index contributed by atoms with van der Waals surface area (Å²) in [5.74, 6) is 0.234. The molecule has 0 radical (unpaired) electrons. The normalized spacial score (nSPS) is 13.4. The van der Waals surface area contributed by atoms with Crippen molar-refractivity contribution < 1.29 is 8.42 Å². The Morgan fingerprint density at radius 3 is 2.32 bits per heavy atom. The number of nitrogens with one attached hydrogen (secondary N) is 1. The highest BCUT2D eigenvalue weighted by atomic mass is 32.2. The topological polar surface area (TPSA) is 46.2 Å². The molecule has 1 unspecified atom stereocenters. The lowest BCUT2D eigenvalue weighted by Crippen LogP contribution is -2.28. The van der Waals surface area contributed by atoms with Crippen LogP contribution in [0.2, 0.25) is 0 Å². The van der Waals surface area contributed by atoms with Crippen LogP contribution < -0.4 is 5.32 Å². The Morgan fingerprint density at radius 1 is 1.16 bits per heavy atom.